The van der Waals surface area contributed by atoms with E-state index in [2.05, 4.69) is 0 Å². The fraction of sp³-hybridized carbons (Fsp3) is 0.500. The third-order valence-electron chi connectivity index (χ3n) is 2.93. The highest BCUT2D eigenvalue weighted by Gasteiger charge is 2.29. The Morgan fingerprint density at radius 1 is 1.44 bits per heavy atom. The molecule has 0 saturated carbocycles. The first kappa shape index (κ1) is 11.6. The monoisotopic (exact) mass is 242 g/mol. The molecule has 1 aliphatic heterocycles. The van der Waals surface area contributed by atoms with Crippen molar-refractivity contribution < 1.29 is 14.6 Å². The Kier molecular flexibility index (Phi) is 2.76. The minimum atomic E-state index is -0.387. The van der Waals surface area contributed by atoms with Gasteiger partial charge in [-0.3, -0.25) is 0 Å². The van der Waals surface area contributed by atoms with Gasteiger partial charge in [0.2, 0.25) is 6.79 Å². The molecule has 0 unspecified atom stereocenters. The third-order valence-corrected chi connectivity index (χ3v) is 3.22. The zero-order chi connectivity index (χ0) is 11.9. The van der Waals surface area contributed by atoms with Crippen LogP contribution in [0.15, 0.2) is 6.07 Å². The van der Waals surface area contributed by atoms with Crippen molar-refractivity contribution in [3.8, 4) is 11.5 Å². The molecule has 0 fully saturated rings. The molecule has 1 aromatic carbocycles. The van der Waals surface area contributed by atoms with Gasteiger partial charge >= 0.3 is 0 Å². The Balaban J connectivity index is 2.63. The van der Waals surface area contributed by atoms with Crippen LogP contribution in [0.1, 0.15) is 25.0 Å². The number of aliphatic hydroxyl groups excluding tert-OH is 1. The van der Waals surface area contributed by atoms with E-state index in [0.717, 1.165) is 16.9 Å². The predicted octanol–water partition coefficient (Wildman–Crippen LogP) is 2.65. The van der Waals surface area contributed by atoms with Crippen molar-refractivity contribution in [3.05, 3.63) is 22.2 Å². The molecular formula is C12H15ClO3. The van der Waals surface area contributed by atoms with Crippen LogP contribution < -0.4 is 9.47 Å². The van der Waals surface area contributed by atoms with Crippen molar-refractivity contribution in [2.45, 2.75) is 26.2 Å². The molecule has 16 heavy (non-hydrogen) atoms. The first-order valence-corrected chi connectivity index (χ1v) is 5.55. The summed E-state index contributed by atoms with van der Waals surface area (Å²) in [4.78, 5) is 0. The van der Waals surface area contributed by atoms with Crippen LogP contribution in [0.5, 0.6) is 11.5 Å². The highest BCUT2D eigenvalue weighted by Crippen LogP contribution is 2.44. The summed E-state index contributed by atoms with van der Waals surface area (Å²) in [6.45, 7) is 6.10. The molecular weight excluding hydrogens is 228 g/mol. The summed E-state index contributed by atoms with van der Waals surface area (Å²) in [5.74, 6) is 1.42. The fourth-order valence-electron chi connectivity index (χ4n) is 2.08. The Hall–Kier alpha value is -0.930. The highest BCUT2D eigenvalue weighted by atomic mass is 35.5. The largest absolute Gasteiger partial charge is 0.454 e. The zero-order valence-electron chi connectivity index (χ0n) is 9.63. The van der Waals surface area contributed by atoms with Gasteiger partial charge in [0.25, 0.3) is 0 Å². The molecule has 1 aliphatic rings. The molecule has 0 bridgehead atoms. The smallest absolute Gasteiger partial charge is 0.231 e. The minimum Gasteiger partial charge on any atom is -0.454 e. The van der Waals surface area contributed by atoms with Crippen LogP contribution in [0.25, 0.3) is 0 Å². The quantitative estimate of drug-likeness (QED) is 0.867. The number of benzene rings is 1. The molecule has 88 valence electrons. The topological polar surface area (TPSA) is 38.7 Å². The Bertz CT molecular complexity index is 427. The molecule has 1 N–H and O–H groups in total. The van der Waals surface area contributed by atoms with Gasteiger partial charge in [0.15, 0.2) is 11.5 Å². The predicted molar refractivity (Wildman–Crippen MR) is 62.4 cm³/mol. The number of fused-ring (bicyclic) bond motifs is 1. The van der Waals surface area contributed by atoms with Gasteiger partial charge in [-0.25, -0.2) is 0 Å². The van der Waals surface area contributed by atoms with Crippen LogP contribution in [0.3, 0.4) is 0 Å². The first-order chi connectivity index (χ1) is 7.47. The summed E-state index contributed by atoms with van der Waals surface area (Å²) in [7, 11) is 0. The number of aliphatic hydroxyl groups is 1. The minimum absolute atomic E-state index is 0.0349. The molecule has 4 heteroatoms. The van der Waals surface area contributed by atoms with E-state index in [-0.39, 0.29) is 18.8 Å². The summed E-state index contributed by atoms with van der Waals surface area (Å²) in [6, 6.07) is 1.75. The van der Waals surface area contributed by atoms with E-state index in [1.54, 1.807) is 6.07 Å². The summed E-state index contributed by atoms with van der Waals surface area (Å²) in [6.07, 6.45) is 0. The van der Waals surface area contributed by atoms with Gasteiger partial charge in [0.1, 0.15) is 0 Å². The second kappa shape index (κ2) is 3.82. The average Bonchev–Trinajstić information content (AvgIpc) is 2.65. The van der Waals surface area contributed by atoms with Crippen molar-refractivity contribution in [1.82, 2.24) is 0 Å². The number of hydrogen-bond donors (Lipinski definition) is 1. The molecule has 0 aromatic heterocycles. The van der Waals surface area contributed by atoms with E-state index in [0.29, 0.717) is 10.8 Å². The lowest BCUT2D eigenvalue weighted by molar-refractivity contribution is 0.173. The molecule has 3 nitrogen and oxygen atoms in total. The molecule has 2 rings (SSSR count). The van der Waals surface area contributed by atoms with Crippen LogP contribution in [-0.2, 0) is 5.41 Å². The SMILES string of the molecule is Cc1c2c(cc(Cl)c1C(C)(C)CO)OCO2. The van der Waals surface area contributed by atoms with E-state index in [1.165, 1.54) is 0 Å². The van der Waals surface area contributed by atoms with Crippen LogP contribution in [0.2, 0.25) is 5.02 Å². The van der Waals surface area contributed by atoms with Crippen molar-refractivity contribution in [2.24, 2.45) is 0 Å². The fourth-order valence-corrected chi connectivity index (χ4v) is 2.58. The van der Waals surface area contributed by atoms with Crippen molar-refractivity contribution >= 4 is 11.6 Å². The number of hydrogen-bond acceptors (Lipinski definition) is 3. The van der Waals surface area contributed by atoms with E-state index in [9.17, 15) is 5.11 Å². The summed E-state index contributed by atoms with van der Waals surface area (Å²) in [5.41, 5.74) is 1.47. The van der Waals surface area contributed by atoms with Crippen molar-refractivity contribution in [1.29, 1.82) is 0 Å². The summed E-state index contributed by atoms with van der Waals surface area (Å²) >= 11 is 6.23. The van der Waals surface area contributed by atoms with E-state index >= 15 is 0 Å². The van der Waals surface area contributed by atoms with E-state index < -0.39 is 0 Å². The van der Waals surface area contributed by atoms with Gasteiger partial charge in [-0.1, -0.05) is 25.4 Å². The van der Waals surface area contributed by atoms with Crippen LogP contribution in [-0.4, -0.2) is 18.5 Å². The van der Waals surface area contributed by atoms with Gasteiger partial charge in [-0.15, -0.1) is 0 Å². The molecule has 0 amide bonds. The Morgan fingerprint density at radius 2 is 2.12 bits per heavy atom. The lowest BCUT2D eigenvalue weighted by atomic mass is 9.82. The Labute approximate surface area is 99.9 Å². The van der Waals surface area contributed by atoms with Gasteiger partial charge in [-0.05, 0) is 12.5 Å². The molecule has 0 aliphatic carbocycles. The molecule has 0 atom stereocenters. The first-order valence-electron chi connectivity index (χ1n) is 5.17. The van der Waals surface area contributed by atoms with Crippen LogP contribution >= 0.6 is 11.6 Å². The van der Waals surface area contributed by atoms with Gasteiger partial charge in [0.05, 0.1) is 6.61 Å². The molecule has 0 radical (unpaired) electrons. The second-order valence-corrected chi connectivity index (χ2v) is 5.04. The molecule has 0 saturated heterocycles. The molecule has 1 aromatic rings. The highest BCUT2D eigenvalue weighted by molar-refractivity contribution is 6.31. The van der Waals surface area contributed by atoms with E-state index in [1.807, 2.05) is 20.8 Å². The standard InChI is InChI=1S/C12H15ClO3/c1-7-10(12(2,3)5-14)8(13)4-9-11(7)16-6-15-9/h4,14H,5-6H2,1-3H3. The lowest BCUT2D eigenvalue weighted by Crippen LogP contribution is -2.24. The maximum absolute atomic E-state index is 9.41. The third kappa shape index (κ3) is 1.64. The van der Waals surface area contributed by atoms with Crippen molar-refractivity contribution in [2.75, 3.05) is 13.4 Å². The zero-order valence-corrected chi connectivity index (χ0v) is 10.4. The van der Waals surface area contributed by atoms with Gasteiger partial charge in [0, 0.05) is 22.1 Å². The summed E-state index contributed by atoms with van der Waals surface area (Å²) in [5, 5.41) is 10.0. The maximum atomic E-state index is 9.41. The molecule has 0 spiro atoms. The van der Waals surface area contributed by atoms with E-state index in [4.69, 9.17) is 21.1 Å². The van der Waals surface area contributed by atoms with Crippen LogP contribution in [0.4, 0.5) is 0 Å². The number of ether oxygens (including phenoxy) is 2. The average molecular weight is 243 g/mol. The Morgan fingerprint density at radius 3 is 2.75 bits per heavy atom. The summed E-state index contributed by atoms with van der Waals surface area (Å²) < 4.78 is 10.7. The van der Waals surface area contributed by atoms with Gasteiger partial charge in [-0.2, -0.15) is 0 Å². The maximum Gasteiger partial charge on any atom is 0.231 e. The second-order valence-electron chi connectivity index (χ2n) is 4.63. The van der Waals surface area contributed by atoms with Gasteiger partial charge < -0.3 is 14.6 Å². The lowest BCUT2D eigenvalue weighted by Gasteiger charge is -2.26. The number of rotatable bonds is 2. The number of halogens is 1. The normalized spacial score (nSPS) is 14.3. The van der Waals surface area contributed by atoms with Crippen LogP contribution in [0, 0.1) is 6.92 Å². The van der Waals surface area contributed by atoms with Crippen molar-refractivity contribution in [3.63, 3.8) is 0 Å². The molecule has 1 heterocycles.